The van der Waals surface area contributed by atoms with Gasteiger partial charge in [-0.25, -0.2) is 97.4 Å². The highest BCUT2D eigenvalue weighted by Gasteiger charge is 2.52. The van der Waals surface area contributed by atoms with Crippen molar-refractivity contribution >= 4 is 80.6 Å². The van der Waals surface area contributed by atoms with E-state index in [2.05, 4.69) is 19.9 Å². The second kappa shape index (κ2) is 22.4. The molecule has 1 aromatic heterocycles. The molecule has 424 valence electrons. The van der Waals surface area contributed by atoms with E-state index in [-0.39, 0.29) is 15.7 Å². The van der Waals surface area contributed by atoms with Crippen LogP contribution in [0.5, 0.6) is 0 Å². The van der Waals surface area contributed by atoms with Crippen molar-refractivity contribution in [2.45, 2.75) is 38.5 Å². The minimum Gasteiger partial charge on any atom is -0.288 e. The summed E-state index contributed by atoms with van der Waals surface area (Å²) in [7, 11) is -1.41. The zero-order valence-electron chi connectivity index (χ0n) is 41.3. The van der Waals surface area contributed by atoms with E-state index in [0.717, 1.165) is 26.1 Å². The molecule has 0 saturated carbocycles. The summed E-state index contributed by atoms with van der Waals surface area (Å²) in [4.78, 5) is 41.8. The number of aryl methyl sites for hydroxylation is 2. The molecule has 0 aliphatic carbocycles. The Morgan fingerprint density at radius 2 is 0.646 bits per heavy atom. The minimum absolute atomic E-state index is 0.0674. The summed E-state index contributed by atoms with van der Waals surface area (Å²) in [6, 6.07) is 26.1. The third-order valence-corrected chi connectivity index (χ3v) is 16.3. The lowest BCUT2D eigenvalue weighted by molar-refractivity contribution is 0.105. The van der Waals surface area contributed by atoms with Gasteiger partial charge in [0.1, 0.15) is 52.7 Å². The van der Waals surface area contributed by atoms with E-state index in [0.29, 0.717) is 32.7 Å². The summed E-state index contributed by atoms with van der Waals surface area (Å²) in [5.74, 6) is -71.1. The van der Waals surface area contributed by atoms with Crippen LogP contribution in [0, 0.1) is 130 Å². The summed E-state index contributed by atoms with van der Waals surface area (Å²) >= 11 is 1.55. The van der Waals surface area contributed by atoms with Crippen LogP contribution in [0.3, 0.4) is 0 Å². The van der Waals surface area contributed by atoms with Crippen molar-refractivity contribution in [3.8, 4) is 0 Å². The van der Waals surface area contributed by atoms with Crippen molar-refractivity contribution in [3.63, 3.8) is 0 Å². The molecule has 0 radical (unpaired) electrons. The molecular weight excluding hydrogens is 1180 g/mol. The molecule has 82 heavy (non-hydrogen) atoms. The van der Waals surface area contributed by atoms with Crippen molar-refractivity contribution in [1.82, 2.24) is 0 Å². The summed E-state index contributed by atoms with van der Waals surface area (Å²) in [5.41, 5.74) is -10.2. The first-order valence-corrected chi connectivity index (χ1v) is 25.2. The van der Waals surface area contributed by atoms with Crippen LogP contribution in [0.25, 0.3) is 20.2 Å². The number of hydrogen-bond acceptors (Lipinski definition) is 4. The molecule has 0 unspecified atom stereocenters. The van der Waals surface area contributed by atoms with Crippen LogP contribution in [0.2, 0.25) is 0 Å². The molecule has 9 aromatic rings. The SMILES string of the molecule is Cc1ccc(C(=O)[S+](C(=O)c2ccc(C)cc2)c2ccc3sc4ccc(C(C)C)cc4c(=O)c3c2)cc1.Fc1c(F)c(F)c([B-](c2c(F)c(F)c(F)c(F)c2F)(c2c(F)c(F)c(F)c(F)c2F)c2c(F)c(F)c(F)c(F)c2F)c(F)c1F. The van der Waals surface area contributed by atoms with Gasteiger partial charge < -0.3 is 0 Å². The average Bonchev–Trinajstić information content (AvgIpc) is 1.35. The quantitative estimate of drug-likeness (QED) is 0.0380. The van der Waals surface area contributed by atoms with Crippen molar-refractivity contribution in [1.29, 1.82) is 0 Å². The Labute approximate surface area is 454 Å². The summed E-state index contributed by atoms with van der Waals surface area (Å²) in [5, 5.41) is 0.727. The first-order chi connectivity index (χ1) is 38.4. The molecule has 0 spiro atoms. The van der Waals surface area contributed by atoms with Crippen molar-refractivity contribution in [2.24, 2.45) is 0 Å². The molecule has 3 nitrogen and oxygen atoms in total. The van der Waals surface area contributed by atoms with Gasteiger partial charge in [-0.05, 0) is 73.9 Å². The van der Waals surface area contributed by atoms with Crippen LogP contribution >= 0.6 is 11.3 Å². The Hall–Kier alpha value is -8.00. The summed E-state index contributed by atoms with van der Waals surface area (Å²) < 4.78 is 296. The fraction of sp³-hybridized carbons (Fsp3) is 0.0893. The minimum atomic E-state index is -7.22. The van der Waals surface area contributed by atoms with E-state index in [9.17, 15) is 67.1 Å². The maximum Gasteiger partial charge on any atom is 0.376 e. The zero-order valence-corrected chi connectivity index (χ0v) is 43.0. The van der Waals surface area contributed by atoms with E-state index in [1.54, 1.807) is 41.7 Å². The van der Waals surface area contributed by atoms with E-state index in [1.165, 1.54) is 0 Å². The fourth-order valence-corrected chi connectivity index (χ4v) is 11.9. The van der Waals surface area contributed by atoms with Crippen LogP contribution in [-0.4, -0.2) is 16.4 Å². The monoisotopic (exact) mass is 1200 g/mol. The maximum absolute atomic E-state index is 15.4. The van der Waals surface area contributed by atoms with Gasteiger partial charge in [0.05, 0.1) is 11.1 Å². The number of benzene rings is 8. The van der Waals surface area contributed by atoms with Gasteiger partial charge in [0.15, 0.2) is 91.0 Å². The second-order valence-electron chi connectivity index (χ2n) is 18.4. The number of fused-ring (bicyclic) bond motifs is 2. The van der Waals surface area contributed by atoms with Gasteiger partial charge in [0.2, 0.25) is 0 Å². The maximum atomic E-state index is 15.4. The highest BCUT2D eigenvalue weighted by atomic mass is 32.2. The summed E-state index contributed by atoms with van der Waals surface area (Å²) in [6.45, 7) is 8.13. The van der Waals surface area contributed by atoms with Crippen LogP contribution in [-0.2, 0) is 10.9 Å². The number of carbonyl (C=O) groups excluding carboxylic acids is 2. The van der Waals surface area contributed by atoms with E-state index in [4.69, 9.17) is 0 Å². The normalized spacial score (nSPS) is 11.8. The molecule has 0 saturated heterocycles. The van der Waals surface area contributed by atoms with Gasteiger partial charge in [0.25, 0.3) is 0 Å². The smallest absolute Gasteiger partial charge is 0.288 e. The highest BCUT2D eigenvalue weighted by molar-refractivity contribution is 8.24. The third kappa shape index (κ3) is 9.65. The van der Waals surface area contributed by atoms with E-state index in [1.807, 2.05) is 62.4 Å². The first kappa shape index (κ1) is 60.1. The predicted octanol–water partition coefficient (Wildman–Crippen LogP) is 13.7. The van der Waals surface area contributed by atoms with Crippen LogP contribution < -0.4 is 27.3 Å². The van der Waals surface area contributed by atoms with E-state index < -0.39 is 155 Å². The zero-order chi connectivity index (χ0) is 60.6. The van der Waals surface area contributed by atoms with Gasteiger partial charge in [0, 0.05) is 26.2 Å². The van der Waals surface area contributed by atoms with Crippen LogP contribution in [0.15, 0.2) is 94.6 Å². The number of rotatable bonds is 8. The molecule has 9 rings (SSSR count). The van der Waals surface area contributed by atoms with Gasteiger partial charge in [-0.3, -0.25) is 4.79 Å². The van der Waals surface area contributed by atoms with E-state index >= 15 is 35.1 Å². The molecule has 0 atom stereocenters. The molecule has 8 aromatic carbocycles. The highest BCUT2D eigenvalue weighted by Crippen LogP contribution is 2.34. The Morgan fingerprint density at radius 3 is 0.939 bits per heavy atom. The van der Waals surface area contributed by atoms with Gasteiger partial charge in [-0.15, -0.1) is 33.2 Å². The van der Waals surface area contributed by atoms with Gasteiger partial charge in [-0.2, -0.15) is 0 Å². The fourth-order valence-electron chi connectivity index (χ4n) is 9.13. The van der Waals surface area contributed by atoms with Crippen molar-refractivity contribution < 1.29 is 97.4 Å². The predicted molar refractivity (Wildman–Crippen MR) is 266 cm³/mol. The summed E-state index contributed by atoms with van der Waals surface area (Å²) in [6.07, 6.45) is -7.22. The molecule has 26 heteroatoms. The number of hydrogen-bond donors (Lipinski definition) is 0. The van der Waals surface area contributed by atoms with Crippen molar-refractivity contribution in [3.05, 3.63) is 239 Å². The van der Waals surface area contributed by atoms with Gasteiger partial charge in [-0.1, -0.05) is 55.3 Å². The standard InChI is InChI=1S/C32H27O3S2.C24BF20/c1-19(2)24-13-15-28-26(17-24)30(33)27-18-25(14-16-29(27)36-28)37(31(34)22-9-5-20(3)6-10-22)32(35)23-11-7-21(4)8-12-23;26-5-1(6(27)14(35)21(42)13(5)34)25(2-7(28)15(36)22(43)16(37)8(2)29,3-9(30)17(38)23(44)18(39)10(3)31)4-11(32)19(40)24(45)20(41)12(4)33/h5-19H,1-4H3;/q+1;-1. The molecule has 0 aliphatic heterocycles. The lowest BCUT2D eigenvalue weighted by Gasteiger charge is -2.44. The van der Waals surface area contributed by atoms with Gasteiger partial charge >= 0.3 is 10.2 Å². The van der Waals surface area contributed by atoms with Crippen LogP contribution in [0.1, 0.15) is 57.2 Å². The molecule has 0 fully saturated rings. The average molecular weight is 1200 g/mol. The second-order valence-corrected chi connectivity index (χ2v) is 21.3. The lowest BCUT2D eigenvalue weighted by Crippen LogP contribution is -2.81. The molecule has 0 bridgehead atoms. The number of halogens is 20. The molecule has 0 aliphatic rings. The topological polar surface area (TPSA) is 51.2 Å². The molecule has 0 amide bonds. The van der Waals surface area contributed by atoms with Crippen LogP contribution in [0.4, 0.5) is 87.8 Å². The molecule has 0 N–H and O–H groups in total. The largest absolute Gasteiger partial charge is 0.376 e. The molecular formula is C56H27BF20O3S2. The number of carbonyl (C=O) groups is 2. The molecule has 1 heterocycles. The Kier molecular flexibility index (Phi) is 16.4. The lowest BCUT2D eigenvalue weighted by atomic mass is 9.12. The Balaban J connectivity index is 0.000000218. The Bertz CT molecular complexity index is 3790. The first-order valence-electron chi connectivity index (χ1n) is 23.1. The Morgan fingerprint density at radius 1 is 0.378 bits per heavy atom. The van der Waals surface area contributed by atoms with Crippen molar-refractivity contribution in [2.75, 3.05) is 0 Å². The third-order valence-electron chi connectivity index (χ3n) is 13.2.